The molecule has 100 valence electrons. The SMILES string of the molecule is Clc1ncc(Br)c(NCc2cccc3cccnc23)n1. The third-order valence-electron chi connectivity index (χ3n) is 2.88. The van der Waals surface area contributed by atoms with Gasteiger partial charge >= 0.3 is 0 Å². The zero-order chi connectivity index (χ0) is 13.9. The van der Waals surface area contributed by atoms with Gasteiger partial charge in [-0.2, -0.15) is 4.98 Å². The van der Waals surface area contributed by atoms with E-state index in [0.717, 1.165) is 20.9 Å². The standard InChI is InChI=1S/C14H10BrClN4/c15-11-8-19-14(16)20-13(11)18-7-10-4-1-3-9-5-2-6-17-12(9)10/h1-6,8H,7H2,(H,18,19,20). The molecule has 0 saturated carbocycles. The van der Waals surface area contributed by atoms with Crippen LogP contribution in [0.1, 0.15) is 5.56 Å². The molecule has 20 heavy (non-hydrogen) atoms. The number of fused-ring (bicyclic) bond motifs is 1. The van der Waals surface area contributed by atoms with E-state index in [1.165, 1.54) is 0 Å². The largest absolute Gasteiger partial charge is 0.365 e. The van der Waals surface area contributed by atoms with Gasteiger partial charge in [0.2, 0.25) is 5.28 Å². The maximum Gasteiger partial charge on any atom is 0.224 e. The molecule has 0 aliphatic heterocycles. The number of aromatic nitrogens is 3. The Labute approximate surface area is 129 Å². The summed E-state index contributed by atoms with van der Waals surface area (Å²) in [6, 6.07) is 10.1. The molecule has 0 radical (unpaired) electrons. The topological polar surface area (TPSA) is 50.7 Å². The van der Waals surface area contributed by atoms with E-state index < -0.39 is 0 Å². The van der Waals surface area contributed by atoms with Crippen LogP contribution in [0.4, 0.5) is 5.82 Å². The number of halogens is 2. The summed E-state index contributed by atoms with van der Waals surface area (Å²) in [7, 11) is 0. The van der Waals surface area contributed by atoms with Crippen LogP contribution in [-0.2, 0) is 6.54 Å². The van der Waals surface area contributed by atoms with Crippen LogP contribution >= 0.6 is 27.5 Å². The molecule has 2 aromatic heterocycles. The number of hydrogen-bond donors (Lipinski definition) is 1. The highest BCUT2D eigenvalue weighted by atomic mass is 79.9. The van der Waals surface area contributed by atoms with Gasteiger partial charge in [-0.1, -0.05) is 24.3 Å². The maximum atomic E-state index is 5.80. The van der Waals surface area contributed by atoms with Crippen molar-refractivity contribution >= 4 is 44.3 Å². The Bertz CT molecular complexity index is 758. The number of pyridine rings is 1. The van der Waals surface area contributed by atoms with Crippen molar-refractivity contribution in [2.75, 3.05) is 5.32 Å². The number of hydrogen-bond acceptors (Lipinski definition) is 4. The Morgan fingerprint density at radius 3 is 2.90 bits per heavy atom. The summed E-state index contributed by atoms with van der Waals surface area (Å²) in [5.41, 5.74) is 2.09. The van der Waals surface area contributed by atoms with Gasteiger partial charge in [0, 0.05) is 24.3 Å². The zero-order valence-corrected chi connectivity index (χ0v) is 12.7. The molecule has 6 heteroatoms. The van der Waals surface area contributed by atoms with E-state index in [1.54, 1.807) is 12.4 Å². The van der Waals surface area contributed by atoms with Crippen LogP contribution in [-0.4, -0.2) is 15.0 Å². The second kappa shape index (κ2) is 5.73. The van der Waals surface area contributed by atoms with Gasteiger partial charge in [0.05, 0.1) is 9.99 Å². The minimum Gasteiger partial charge on any atom is -0.365 e. The molecule has 1 N–H and O–H groups in total. The molecule has 3 rings (SSSR count). The van der Waals surface area contributed by atoms with Crippen LogP contribution in [0.3, 0.4) is 0 Å². The van der Waals surface area contributed by atoms with E-state index in [1.807, 2.05) is 30.3 Å². The average molecular weight is 350 g/mol. The first-order chi connectivity index (χ1) is 9.74. The lowest BCUT2D eigenvalue weighted by Crippen LogP contribution is -2.04. The highest BCUT2D eigenvalue weighted by molar-refractivity contribution is 9.10. The smallest absolute Gasteiger partial charge is 0.224 e. The molecule has 0 aliphatic rings. The highest BCUT2D eigenvalue weighted by Gasteiger charge is 2.06. The second-order valence-corrected chi connectivity index (χ2v) is 5.37. The zero-order valence-electron chi connectivity index (χ0n) is 10.3. The second-order valence-electron chi connectivity index (χ2n) is 4.18. The van der Waals surface area contributed by atoms with Crippen molar-refractivity contribution in [3.63, 3.8) is 0 Å². The first-order valence-electron chi connectivity index (χ1n) is 5.98. The fourth-order valence-electron chi connectivity index (χ4n) is 1.96. The molecule has 4 nitrogen and oxygen atoms in total. The van der Waals surface area contributed by atoms with E-state index in [2.05, 4.69) is 36.2 Å². The van der Waals surface area contributed by atoms with Crippen LogP contribution in [0.5, 0.6) is 0 Å². The third-order valence-corrected chi connectivity index (χ3v) is 3.64. The van der Waals surface area contributed by atoms with Crippen LogP contribution in [0.25, 0.3) is 10.9 Å². The van der Waals surface area contributed by atoms with Crippen molar-refractivity contribution in [2.24, 2.45) is 0 Å². The summed E-state index contributed by atoms with van der Waals surface area (Å²) in [6.07, 6.45) is 3.42. The molecule has 0 unspecified atom stereocenters. The minimum absolute atomic E-state index is 0.215. The van der Waals surface area contributed by atoms with E-state index in [9.17, 15) is 0 Å². The lowest BCUT2D eigenvalue weighted by Gasteiger charge is -2.09. The lowest BCUT2D eigenvalue weighted by atomic mass is 10.1. The number of nitrogens with one attached hydrogen (secondary N) is 1. The predicted molar refractivity (Wildman–Crippen MR) is 83.8 cm³/mol. The summed E-state index contributed by atoms with van der Waals surface area (Å²) in [5.74, 6) is 0.665. The van der Waals surface area contributed by atoms with Gasteiger partial charge < -0.3 is 5.32 Å². The van der Waals surface area contributed by atoms with Crippen LogP contribution in [0, 0.1) is 0 Å². The number of rotatable bonds is 3. The summed E-state index contributed by atoms with van der Waals surface area (Å²) in [4.78, 5) is 12.5. The molecule has 0 saturated heterocycles. The minimum atomic E-state index is 0.215. The quantitative estimate of drug-likeness (QED) is 0.725. The first-order valence-corrected chi connectivity index (χ1v) is 7.15. The summed E-state index contributed by atoms with van der Waals surface area (Å²) in [5, 5.41) is 4.57. The normalized spacial score (nSPS) is 10.7. The van der Waals surface area contributed by atoms with Gasteiger partial charge in [-0.05, 0) is 39.2 Å². The Kier molecular flexibility index (Phi) is 3.80. The number of benzene rings is 1. The summed E-state index contributed by atoms with van der Waals surface area (Å²) < 4.78 is 0.773. The Morgan fingerprint density at radius 1 is 1.15 bits per heavy atom. The van der Waals surface area contributed by atoms with Crippen molar-refractivity contribution < 1.29 is 0 Å². The van der Waals surface area contributed by atoms with Gasteiger partial charge in [-0.3, -0.25) is 4.98 Å². The Hall–Kier alpha value is -1.72. The Balaban J connectivity index is 1.89. The van der Waals surface area contributed by atoms with E-state index >= 15 is 0 Å². The lowest BCUT2D eigenvalue weighted by molar-refractivity contribution is 1.07. The molecule has 0 amide bonds. The van der Waals surface area contributed by atoms with Crippen LogP contribution in [0.15, 0.2) is 47.2 Å². The molecule has 0 spiro atoms. The Morgan fingerprint density at radius 2 is 2.00 bits per heavy atom. The van der Waals surface area contributed by atoms with Crippen molar-refractivity contribution in [3.05, 3.63) is 58.0 Å². The van der Waals surface area contributed by atoms with Crippen molar-refractivity contribution in [3.8, 4) is 0 Å². The van der Waals surface area contributed by atoms with Crippen molar-refractivity contribution in [2.45, 2.75) is 6.54 Å². The molecule has 0 atom stereocenters. The molecular weight excluding hydrogens is 340 g/mol. The van der Waals surface area contributed by atoms with Gasteiger partial charge in [0.15, 0.2) is 0 Å². The number of para-hydroxylation sites is 1. The maximum absolute atomic E-state index is 5.80. The van der Waals surface area contributed by atoms with Crippen LogP contribution in [0.2, 0.25) is 5.28 Å². The van der Waals surface area contributed by atoms with Crippen molar-refractivity contribution in [1.82, 2.24) is 15.0 Å². The van der Waals surface area contributed by atoms with E-state index in [4.69, 9.17) is 11.6 Å². The van der Waals surface area contributed by atoms with E-state index in [0.29, 0.717) is 12.4 Å². The molecular formula is C14H10BrClN4. The summed E-state index contributed by atoms with van der Waals surface area (Å²) >= 11 is 9.19. The molecule has 0 fully saturated rings. The van der Waals surface area contributed by atoms with Gasteiger partial charge in [0.25, 0.3) is 0 Å². The molecule has 0 aliphatic carbocycles. The number of nitrogens with zero attached hydrogens (tertiary/aromatic N) is 3. The molecule has 3 aromatic rings. The summed E-state index contributed by atoms with van der Waals surface area (Å²) in [6.45, 7) is 0.611. The van der Waals surface area contributed by atoms with Gasteiger partial charge in [-0.15, -0.1) is 0 Å². The average Bonchev–Trinajstić information content (AvgIpc) is 2.48. The van der Waals surface area contributed by atoms with Gasteiger partial charge in [0.1, 0.15) is 5.82 Å². The number of anilines is 1. The molecule has 1 aromatic carbocycles. The molecule has 2 heterocycles. The third kappa shape index (κ3) is 2.73. The van der Waals surface area contributed by atoms with Crippen LogP contribution < -0.4 is 5.32 Å². The van der Waals surface area contributed by atoms with Crippen molar-refractivity contribution in [1.29, 1.82) is 0 Å². The monoisotopic (exact) mass is 348 g/mol. The van der Waals surface area contributed by atoms with E-state index in [-0.39, 0.29) is 5.28 Å². The molecule has 0 bridgehead atoms. The highest BCUT2D eigenvalue weighted by Crippen LogP contribution is 2.22. The van der Waals surface area contributed by atoms with Gasteiger partial charge in [-0.25, -0.2) is 4.98 Å². The first kappa shape index (κ1) is 13.3. The fraction of sp³-hybridized carbons (Fsp3) is 0.0714. The predicted octanol–water partition coefficient (Wildman–Crippen LogP) is 4.05. The fourth-order valence-corrected chi connectivity index (χ4v) is 2.42.